The van der Waals surface area contributed by atoms with E-state index in [1.807, 2.05) is 0 Å². The van der Waals surface area contributed by atoms with E-state index < -0.39 is 60.7 Å². The van der Waals surface area contributed by atoms with Gasteiger partial charge in [-0.3, -0.25) is 0 Å². The molecule has 0 spiro atoms. The van der Waals surface area contributed by atoms with Crippen LogP contribution in [0.3, 0.4) is 0 Å². The van der Waals surface area contributed by atoms with Gasteiger partial charge >= 0.3 is 0 Å². The van der Waals surface area contributed by atoms with Crippen molar-refractivity contribution in [1.29, 1.82) is 0 Å². The zero-order valence-corrected chi connectivity index (χ0v) is 37.4. The van der Waals surface area contributed by atoms with Crippen molar-refractivity contribution in [3.05, 3.63) is 182 Å². The monoisotopic (exact) mass is 1040 g/mol. The van der Waals surface area contributed by atoms with Crippen molar-refractivity contribution in [3.8, 4) is 0 Å². The summed E-state index contributed by atoms with van der Waals surface area (Å²) in [7, 11) is -25.5. The summed E-state index contributed by atoms with van der Waals surface area (Å²) in [6.45, 7) is 0. The van der Waals surface area contributed by atoms with Crippen molar-refractivity contribution in [2.45, 2.75) is 29.4 Å². The smallest absolute Gasteiger partial charge is 0.124 e. The van der Waals surface area contributed by atoms with Crippen molar-refractivity contribution in [1.82, 2.24) is 0 Å². The minimum atomic E-state index is -4.25. The van der Waals surface area contributed by atoms with E-state index >= 15 is 0 Å². The topological polar surface area (TPSA) is 343 Å². The Hall–Kier alpha value is -4.53. The standard InChI is InChI=1S/6C6H6O3S.Mo/c6*7-10(8,9)6-4-2-1-3-5-6;/h6*1-5H,(H,7,8,9);/p-6. The van der Waals surface area contributed by atoms with Crippen LogP contribution in [0.1, 0.15) is 0 Å². The summed E-state index contributed by atoms with van der Waals surface area (Å²) in [5.41, 5.74) is 0. The van der Waals surface area contributed by atoms with Gasteiger partial charge in [0.05, 0.1) is 29.4 Å². The van der Waals surface area contributed by atoms with Crippen LogP contribution in [-0.2, 0) is 81.8 Å². The predicted molar refractivity (Wildman–Crippen MR) is 206 cm³/mol. The van der Waals surface area contributed by atoms with Crippen LogP contribution in [0.2, 0.25) is 0 Å². The van der Waals surface area contributed by atoms with Crippen LogP contribution < -0.4 is 0 Å². The largest absolute Gasteiger partial charge is 0.744 e. The first-order valence-corrected chi connectivity index (χ1v) is 24.1. The van der Waals surface area contributed by atoms with Crippen LogP contribution >= 0.6 is 0 Å². The number of hydrogen-bond acceptors (Lipinski definition) is 18. The first kappa shape index (κ1) is 56.5. The van der Waals surface area contributed by atoms with E-state index in [4.69, 9.17) is 0 Å². The van der Waals surface area contributed by atoms with E-state index in [-0.39, 0.29) is 50.4 Å². The van der Waals surface area contributed by atoms with Crippen molar-refractivity contribution in [2.24, 2.45) is 0 Å². The molecule has 25 heteroatoms. The number of hydrogen-bond donors (Lipinski definition) is 0. The fraction of sp³-hybridized carbons (Fsp3) is 0. The zero-order valence-electron chi connectivity index (χ0n) is 30.5. The summed E-state index contributed by atoms with van der Waals surface area (Å²) in [5, 5.41) is 0. The van der Waals surface area contributed by atoms with Gasteiger partial charge in [0.25, 0.3) is 0 Å². The van der Waals surface area contributed by atoms with Gasteiger partial charge in [-0.2, -0.15) is 0 Å². The Labute approximate surface area is 368 Å². The van der Waals surface area contributed by atoms with Gasteiger partial charge in [0.15, 0.2) is 0 Å². The van der Waals surface area contributed by atoms with Crippen LogP contribution in [-0.4, -0.2) is 77.8 Å². The van der Waals surface area contributed by atoms with Crippen molar-refractivity contribution in [3.63, 3.8) is 0 Å². The molecule has 0 N–H and O–H groups in total. The van der Waals surface area contributed by atoms with Gasteiger partial charge in [0, 0.05) is 21.1 Å². The van der Waals surface area contributed by atoms with Crippen LogP contribution in [0.25, 0.3) is 0 Å². The molecule has 0 atom stereocenters. The minimum absolute atomic E-state index is 0. The second-order valence-electron chi connectivity index (χ2n) is 10.6. The molecule has 0 aliphatic rings. The van der Waals surface area contributed by atoms with Gasteiger partial charge in [-0.1, -0.05) is 109 Å². The molecular formula is C36H30MoO18S6-6. The minimum Gasteiger partial charge on any atom is -0.744 e. The summed E-state index contributed by atoms with van der Waals surface area (Å²) >= 11 is 0. The Morgan fingerprint density at radius 3 is 0.328 bits per heavy atom. The molecule has 6 aromatic carbocycles. The third kappa shape index (κ3) is 25.1. The molecule has 0 unspecified atom stereocenters. The van der Waals surface area contributed by atoms with Crippen LogP contribution in [0.15, 0.2) is 211 Å². The molecule has 0 aromatic heterocycles. The normalized spacial score (nSPS) is 11.1. The molecular weight excluding hydrogens is 1010 g/mol. The van der Waals surface area contributed by atoms with Crippen molar-refractivity contribution < 1.29 is 98.9 Å². The summed E-state index contributed by atoms with van der Waals surface area (Å²) in [6, 6.07) is 43.1. The van der Waals surface area contributed by atoms with Gasteiger partial charge < -0.3 is 27.3 Å². The second kappa shape index (κ2) is 26.1. The van der Waals surface area contributed by atoms with Gasteiger partial charge in [0.1, 0.15) is 60.7 Å². The Balaban J connectivity index is 0.000000706. The summed E-state index contributed by atoms with van der Waals surface area (Å²) in [6.07, 6.45) is 0. The number of rotatable bonds is 6. The van der Waals surface area contributed by atoms with E-state index in [0.717, 1.165) is 0 Å². The van der Waals surface area contributed by atoms with Crippen molar-refractivity contribution in [2.75, 3.05) is 0 Å². The summed E-state index contributed by atoms with van der Waals surface area (Å²) in [5.74, 6) is 0. The predicted octanol–water partition coefficient (Wildman–Crippen LogP) is 3.54. The molecule has 6 rings (SSSR count). The maximum absolute atomic E-state index is 10.3. The third-order valence-electron chi connectivity index (χ3n) is 6.19. The Morgan fingerprint density at radius 2 is 0.279 bits per heavy atom. The van der Waals surface area contributed by atoms with E-state index in [2.05, 4.69) is 0 Å². The SMILES string of the molecule is O=S(=O)([O-])c1ccccc1.O=S(=O)([O-])c1ccccc1.O=S(=O)([O-])c1ccccc1.O=S(=O)([O-])c1ccccc1.O=S(=O)([O-])c1ccccc1.O=S(=O)([O-])c1ccccc1.[Mo]. The molecule has 0 aliphatic carbocycles. The quantitative estimate of drug-likeness (QED) is 0.170. The zero-order chi connectivity index (χ0) is 45.7. The fourth-order valence-electron chi connectivity index (χ4n) is 3.52. The van der Waals surface area contributed by atoms with Crippen LogP contribution in [0, 0.1) is 0 Å². The maximum Gasteiger partial charge on any atom is 0.124 e. The third-order valence-corrected chi connectivity index (χ3v) is 11.3. The van der Waals surface area contributed by atoms with E-state index in [1.54, 1.807) is 36.4 Å². The van der Waals surface area contributed by atoms with Gasteiger partial charge in [-0.15, -0.1) is 0 Å². The van der Waals surface area contributed by atoms with Gasteiger partial charge in [-0.05, 0) is 72.8 Å². The fourth-order valence-corrected chi connectivity index (χ4v) is 6.47. The van der Waals surface area contributed by atoms with E-state index in [0.29, 0.717) is 0 Å². The van der Waals surface area contributed by atoms with Gasteiger partial charge in [-0.25, -0.2) is 50.5 Å². The van der Waals surface area contributed by atoms with Gasteiger partial charge in [0.2, 0.25) is 0 Å². The Bertz CT molecular complexity index is 2340. The molecule has 330 valence electrons. The molecule has 0 saturated carbocycles. The molecule has 0 fully saturated rings. The summed E-state index contributed by atoms with van der Waals surface area (Å²) < 4.78 is 185. The average molecular weight is 1040 g/mol. The van der Waals surface area contributed by atoms with E-state index in [9.17, 15) is 77.8 Å². The second-order valence-corrected chi connectivity index (χ2v) is 18.9. The molecule has 6 aromatic rings. The first-order chi connectivity index (χ1) is 27.6. The molecule has 0 saturated heterocycles. The maximum atomic E-state index is 10.3. The Kier molecular flexibility index (Phi) is 24.1. The Morgan fingerprint density at radius 1 is 0.197 bits per heavy atom. The van der Waals surface area contributed by atoms with Crippen LogP contribution in [0.4, 0.5) is 0 Å². The molecule has 0 heterocycles. The molecule has 0 amide bonds. The number of benzene rings is 6. The first-order valence-electron chi connectivity index (χ1n) is 15.7. The molecule has 0 radical (unpaired) electrons. The summed E-state index contributed by atoms with van der Waals surface area (Å²) in [4.78, 5) is -1.11. The average Bonchev–Trinajstić information content (AvgIpc) is 3.19. The molecule has 0 bridgehead atoms. The van der Waals surface area contributed by atoms with Crippen molar-refractivity contribution >= 4 is 60.7 Å². The van der Waals surface area contributed by atoms with E-state index in [1.165, 1.54) is 146 Å². The van der Waals surface area contributed by atoms with Crippen LogP contribution in [0.5, 0.6) is 0 Å². The molecule has 18 nitrogen and oxygen atoms in total. The molecule has 0 aliphatic heterocycles. The molecule has 61 heavy (non-hydrogen) atoms.